The number of carboxylic acid groups (broad SMARTS) is 1. The number of carbonyl (C=O) groups excluding carboxylic acids is 2. The fourth-order valence-corrected chi connectivity index (χ4v) is 3.76. The number of amides is 2. The van der Waals surface area contributed by atoms with Gasteiger partial charge in [0, 0.05) is 48.4 Å². The number of rotatable bonds is 11. The van der Waals surface area contributed by atoms with Crippen molar-refractivity contribution in [3.63, 3.8) is 0 Å². The molecule has 0 spiro atoms. The number of nitrogens with zero attached hydrogens (tertiary/aromatic N) is 2. The monoisotopic (exact) mass is 470 g/mol. The first-order chi connectivity index (χ1) is 16.2. The molecule has 1 aliphatic carbocycles. The minimum Gasteiger partial charge on any atom is -0.480 e. The summed E-state index contributed by atoms with van der Waals surface area (Å²) in [6.45, 7) is -0.0719. The van der Waals surface area contributed by atoms with Gasteiger partial charge in [0.05, 0.1) is 0 Å². The Morgan fingerprint density at radius 2 is 1.91 bits per heavy atom. The van der Waals surface area contributed by atoms with E-state index in [4.69, 9.17) is 0 Å². The normalized spacial score (nSPS) is 14.5. The van der Waals surface area contributed by atoms with Crippen molar-refractivity contribution < 1.29 is 28.3 Å². The third-order valence-electron chi connectivity index (χ3n) is 6.00. The molecular weight excluding hydrogens is 446 g/mol. The van der Waals surface area contributed by atoms with Gasteiger partial charge in [0.1, 0.15) is 11.2 Å². The topological polar surface area (TPSA) is 113 Å². The molecule has 0 aliphatic heterocycles. The van der Waals surface area contributed by atoms with E-state index in [0.717, 1.165) is 11.1 Å². The van der Waals surface area contributed by atoms with Crippen LogP contribution in [0.1, 0.15) is 41.6 Å². The van der Waals surface area contributed by atoms with Gasteiger partial charge in [-0.1, -0.05) is 0 Å². The Labute approximate surface area is 194 Å². The van der Waals surface area contributed by atoms with E-state index >= 15 is 0 Å². The van der Waals surface area contributed by atoms with Crippen molar-refractivity contribution in [1.82, 2.24) is 20.2 Å². The molecule has 2 heterocycles. The summed E-state index contributed by atoms with van der Waals surface area (Å²) in [6, 6.07) is 10.4. The average Bonchev–Trinajstić information content (AvgIpc) is 3.48. The van der Waals surface area contributed by atoms with Crippen LogP contribution < -0.4 is 10.6 Å². The second kappa shape index (κ2) is 9.20. The number of nitrogens with one attached hydrogen (secondary N) is 2. The molecule has 10 heteroatoms. The van der Waals surface area contributed by atoms with Crippen LogP contribution in [-0.4, -0.2) is 51.0 Å². The number of pyridine rings is 1. The number of aromatic nitrogens is 2. The number of hydrogen-bond donors (Lipinski definition) is 3. The van der Waals surface area contributed by atoms with Crippen molar-refractivity contribution in [1.29, 1.82) is 0 Å². The van der Waals surface area contributed by atoms with E-state index in [9.17, 15) is 28.3 Å². The molecule has 0 atom stereocenters. The summed E-state index contributed by atoms with van der Waals surface area (Å²) in [7, 11) is 0. The fourth-order valence-electron chi connectivity index (χ4n) is 3.76. The molecule has 178 valence electrons. The van der Waals surface area contributed by atoms with Crippen LogP contribution in [0.2, 0.25) is 0 Å². The largest absolute Gasteiger partial charge is 0.480 e. The Hall–Kier alpha value is -3.82. The highest BCUT2D eigenvalue weighted by atomic mass is 19.3. The molecule has 2 amide bonds. The van der Waals surface area contributed by atoms with E-state index in [2.05, 4.69) is 15.6 Å². The van der Waals surface area contributed by atoms with Crippen LogP contribution >= 0.6 is 0 Å². The number of halogens is 2. The number of alkyl halides is 2. The fraction of sp³-hybridized carbons (Fsp3) is 0.333. The lowest BCUT2D eigenvalue weighted by atomic mass is 10.0. The molecule has 3 aromatic rings. The van der Waals surface area contributed by atoms with Crippen LogP contribution in [0.3, 0.4) is 0 Å². The van der Waals surface area contributed by atoms with E-state index in [-0.39, 0.29) is 19.4 Å². The van der Waals surface area contributed by atoms with Crippen molar-refractivity contribution in [2.24, 2.45) is 0 Å². The summed E-state index contributed by atoms with van der Waals surface area (Å²) in [5.41, 5.74) is 1.29. The lowest BCUT2D eigenvalue weighted by molar-refractivity contribution is -0.140. The van der Waals surface area contributed by atoms with Crippen LogP contribution in [-0.2, 0) is 16.0 Å². The molecule has 0 saturated heterocycles. The van der Waals surface area contributed by atoms with E-state index in [1.165, 1.54) is 0 Å². The minimum atomic E-state index is -2.88. The Morgan fingerprint density at radius 1 is 1.18 bits per heavy atom. The number of fused-ring (bicyclic) bond motifs is 1. The number of carboxylic acids is 1. The Balaban J connectivity index is 1.43. The third-order valence-corrected chi connectivity index (χ3v) is 6.00. The van der Waals surface area contributed by atoms with Crippen molar-refractivity contribution in [2.45, 2.75) is 43.6 Å². The van der Waals surface area contributed by atoms with Gasteiger partial charge in [0.15, 0.2) is 0 Å². The first-order valence-electron chi connectivity index (χ1n) is 10.9. The molecule has 1 fully saturated rings. The molecule has 1 saturated carbocycles. The van der Waals surface area contributed by atoms with Crippen molar-refractivity contribution in [3.8, 4) is 5.69 Å². The van der Waals surface area contributed by atoms with E-state index in [1.807, 2.05) is 16.7 Å². The third kappa shape index (κ3) is 5.05. The smallest absolute Gasteiger partial charge is 0.329 e. The maximum atomic E-state index is 14.0. The summed E-state index contributed by atoms with van der Waals surface area (Å²) in [5.74, 6) is -4.35. The molecule has 4 rings (SSSR count). The highest BCUT2D eigenvalue weighted by Gasteiger charge is 2.51. The Kier molecular flexibility index (Phi) is 6.32. The lowest BCUT2D eigenvalue weighted by Crippen LogP contribution is -2.43. The van der Waals surface area contributed by atoms with Crippen molar-refractivity contribution in [3.05, 3.63) is 59.9 Å². The molecular formula is C24H24F2N4O4. The van der Waals surface area contributed by atoms with Gasteiger partial charge in [-0.15, -0.1) is 0 Å². The van der Waals surface area contributed by atoms with Gasteiger partial charge in [-0.25, -0.2) is 18.6 Å². The van der Waals surface area contributed by atoms with Crippen LogP contribution in [0.15, 0.2) is 48.8 Å². The maximum absolute atomic E-state index is 14.0. The van der Waals surface area contributed by atoms with Crippen LogP contribution in [0.25, 0.3) is 16.7 Å². The lowest BCUT2D eigenvalue weighted by Gasteiger charge is -2.15. The van der Waals surface area contributed by atoms with Gasteiger partial charge in [-0.05, 0) is 61.2 Å². The first-order valence-corrected chi connectivity index (χ1v) is 10.9. The number of carbonyl (C=O) groups is 3. The molecule has 8 nitrogen and oxygen atoms in total. The SMILES string of the molecule is O=CNCCC(F)(F)CCc1cnc2c(ccn2-c2ccc(C(=O)NC3(C(=O)O)CC3)cc2)c1. The summed E-state index contributed by atoms with van der Waals surface area (Å²) in [4.78, 5) is 38.3. The van der Waals surface area contributed by atoms with Gasteiger partial charge >= 0.3 is 5.97 Å². The zero-order valence-corrected chi connectivity index (χ0v) is 18.3. The second-order valence-corrected chi connectivity index (χ2v) is 8.51. The number of aryl methyl sites for hydroxylation is 1. The summed E-state index contributed by atoms with van der Waals surface area (Å²) >= 11 is 0. The highest BCUT2D eigenvalue weighted by Crippen LogP contribution is 2.35. The van der Waals surface area contributed by atoms with Gasteiger partial charge < -0.3 is 20.3 Å². The molecule has 1 aliphatic rings. The second-order valence-electron chi connectivity index (χ2n) is 8.51. The zero-order valence-electron chi connectivity index (χ0n) is 18.3. The highest BCUT2D eigenvalue weighted by molar-refractivity contribution is 5.99. The summed E-state index contributed by atoms with van der Waals surface area (Å²) < 4.78 is 29.7. The Morgan fingerprint density at radius 3 is 2.56 bits per heavy atom. The maximum Gasteiger partial charge on any atom is 0.329 e. The van der Waals surface area contributed by atoms with Gasteiger partial charge in [-0.2, -0.15) is 0 Å². The number of aliphatic carboxylic acids is 1. The molecule has 0 radical (unpaired) electrons. The summed E-state index contributed by atoms with van der Waals surface area (Å²) in [5, 5.41) is 14.9. The van der Waals surface area contributed by atoms with Crippen molar-refractivity contribution >= 4 is 29.3 Å². The van der Waals surface area contributed by atoms with Gasteiger partial charge in [-0.3, -0.25) is 9.59 Å². The standard InChI is InChI=1S/C24H24F2N4O4/c25-24(26,10-11-27-15-31)7-5-16-13-18-6-12-30(20(18)28-14-16)19-3-1-17(2-4-19)21(32)29-23(8-9-23)22(33)34/h1-4,6,12-15H,5,7-11H2,(H,27,31)(H,29,32)(H,33,34). The van der Waals surface area contributed by atoms with Crippen LogP contribution in [0, 0.1) is 0 Å². The minimum absolute atomic E-state index is 0.0719. The van der Waals surface area contributed by atoms with Crippen LogP contribution in [0.4, 0.5) is 8.78 Å². The van der Waals surface area contributed by atoms with E-state index in [1.54, 1.807) is 36.7 Å². The van der Waals surface area contributed by atoms with Gasteiger partial charge in [0.25, 0.3) is 5.91 Å². The molecule has 0 unspecified atom stereocenters. The molecule has 0 bridgehead atoms. The van der Waals surface area contributed by atoms with E-state index < -0.39 is 29.8 Å². The zero-order chi connectivity index (χ0) is 24.3. The van der Waals surface area contributed by atoms with Crippen molar-refractivity contribution in [2.75, 3.05) is 6.54 Å². The summed E-state index contributed by atoms with van der Waals surface area (Å²) in [6.07, 6.45) is 4.03. The molecule has 3 N–H and O–H groups in total. The predicted octanol–water partition coefficient (Wildman–Crippen LogP) is 3.08. The Bertz CT molecular complexity index is 1220. The predicted molar refractivity (Wildman–Crippen MR) is 120 cm³/mol. The molecule has 34 heavy (non-hydrogen) atoms. The number of hydrogen-bond acceptors (Lipinski definition) is 4. The molecule has 2 aromatic heterocycles. The molecule has 1 aromatic carbocycles. The number of benzene rings is 1. The van der Waals surface area contributed by atoms with E-state index in [0.29, 0.717) is 36.0 Å². The first kappa shape index (κ1) is 23.3. The van der Waals surface area contributed by atoms with Crippen LogP contribution in [0.5, 0.6) is 0 Å². The van der Waals surface area contributed by atoms with Gasteiger partial charge in [0.2, 0.25) is 12.3 Å². The quantitative estimate of drug-likeness (QED) is 0.294. The average molecular weight is 470 g/mol.